The number of anilines is 1. The fourth-order valence-electron chi connectivity index (χ4n) is 2.58. The van der Waals surface area contributed by atoms with Crippen molar-refractivity contribution in [3.63, 3.8) is 0 Å². The van der Waals surface area contributed by atoms with E-state index in [0.29, 0.717) is 12.5 Å². The van der Waals surface area contributed by atoms with Gasteiger partial charge in [-0.05, 0) is 42.7 Å². The molecular formula is C19H23N5. The maximum Gasteiger partial charge on any atom is 0.193 e. The molecule has 3 rings (SSSR count). The van der Waals surface area contributed by atoms with E-state index < -0.39 is 0 Å². The molecule has 0 amide bonds. The van der Waals surface area contributed by atoms with Gasteiger partial charge in [0.05, 0.1) is 11.0 Å². The van der Waals surface area contributed by atoms with Crippen LogP contribution >= 0.6 is 0 Å². The fourth-order valence-corrected chi connectivity index (χ4v) is 2.58. The van der Waals surface area contributed by atoms with Crippen LogP contribution in [0.5, 0.6) is 0 Å². The number of aryl methyl sites for hydroxylation is 2. The Labute approximate surface area is 142 Å². The van der Waals surface area contributed by atoms with Crippen molar-refractivity contribution in [1.82, 2.24) is 9.97 Å². The number of rotatable bonds is 6. The molecule has 0 saturated carbocycles. The molecule has 0 atom stereocenters. The Morgan fingerprint density at radius 3 is 2.71 bits per heavy atom. The lowest BCUT2D eigenvalue weighted by Gasteiger charge is -2.06. The molecule has 24 heavy (non-hydrogen) atoms. The Morgan fingerprint density at radius 2 is 1.96 bits per heavy atom. The van der Waals surface area contributed by atoms with Crippen LogP contribution in [0.2, 0.25) is 0 Å². The van der Waals surface area contributed by atoms with Gasteiger partial charge in [-0.2, -0.15) is 0 Å². The Bertz CT molecular complexity index is 784. The number of aromatic nitrogens is 2. The number of nitrogens with two attached hydrogens (primary N) is 1. The lowest BCUT2D eigenvalue weighted by atomic mass is 10.1. The smallest absolute Gasteiger partial charge is 0.193 e. The highest BCUT2D eigenvalue weighted by molar-refractivity contribution is 5.92. The van der Waals surface area contributed by atoms with E-state index >= 15 is 0 Å². The number of aromatic amines is 1. The van der Waals surface area contributed by atoms with Gasteiger partial charge in [-0.3, -0.25) is 4.99 Å². The third kappa shape index (κ3) is 4.13. The van der Waals surface area contributed by atoms with E-state index in [2.05, 4.69) is 39.3 Å². The molecule has 4 N–H and O–H groups in total. The van der Waals surface area contributed by atoms with Crippen molar-refractivity contribution >= 4 is 22.7 Å². The average molecular weight is 321 g/mol. The summed E-state index contributed by atoms with van der Waals surface area (Å²) in [6.07, 6.45) is 2.79. The predicted molar refractivity (Wildman–Crippen MR) is 100 cm³/mol. The monoisotopic (exact) mass is 321 g/mol. The summed E-state index contributed by atoms with van der Waals surface area (Å²) in [7, 11) is 0. The molecule has 0 unspecified atom stereocenters. The van der Waals surface area contributed by atoms with Crippen molar-refractivity contribution in [2.75, 3.05) is 11.9 Å². The Morgan fingerprint density at radius 1 is 1.17 bits per heavy atom. The highest BCUT2D eigenvalue weighted by Gasteiger charge is 2.01. The second-order valence-corrected chi connectivity index (χ2v) is 5.75. The fraction of sp³-hybridized carbons (Fsp3) is 0.263. The van der Waals surface area contributed by atoms with Crippen LogP contribution in [0.3, 0.4) is 0 Å². The first-order valence-corrected chi connectivity index (χ1v) is 8.34. The summed E-state index contributed by atoms with van der Waals surface area (Å²) in [4.78, 5) is 12.3. The third-order valence-electron chi connectivity index (χ3n) is 3.93. The molecule has 0 aliphatic rings. The number of hydrogen-bond acceptors (Lipinski definition) is 2. The Kier molecular flexibility index (Phi) is 5.11. The third-order valence-corrected chi connectivity index (χ3v) is 3.93. The summed E-state index contributed by atoms with van der Waals surface area (Å²) >= 11 is 0. The number of benzene rings is 2. The lowest BCUT2D eigenvalue weighted by Crippen LogP contribution is -2.22. The van der Waals surface area contributed by atoms with Crippen LogP contribution in [0.4, 0.5) is 5.69 Å². The van der Waals surface area contributed by atoms with Crippen molar-refractivity contribution in [3.05, 3.63) is 59.9 Å². The lowest BCUT2D eigenvalue weighted by molar-refractivity contribution is 0.796. The number of fused-ring (bicyclic) bond motifs is 1. The number of hydrogen-bond donors (Lipinski definition) is 3. The second-order valence-electron chi connectivity index (χ2n) is 5.75. The van der Waals surface area contributed by atoms with Gasteiger partial charge in [0.15, 0.2) is 5.96 Å². The summed E-state index contributed by atoms with van der Waals surface area (Å²) in [5, 5.41) is 3.12. The van der Waals surface area contributed by atoms with Gasteiger partial charge in [0.25, 0.3) is 0 Å². The average Bonchev–Trinajstić information content (AvgIpc) is 3.02. The summed E-state index contributed by atoms with van der Waals surface area (Å²) in [5.41, 5.74) is 10.3. The van der Waals surface area contributed by atoms with Crippen LogP contribution in [0.25, 0.3) is 11.0 Å². The summed E-state index contributed by atoms with van der Waals surface area (Å²) in [5.74, 6) is 1.44. The minimum absolute atomic E-state index is 0.448. The zero-order valence-corrected chi connectivity index (χ0v) is 13.9. The van der Waals surface area contributed by atoms with Gasteiger partial charge in [0, 0.05) is 18.7 Å². The Balaban J connectivity index is 1.48. The molecule has 1 aromatic heterocycles. The largest absolute Gasteiger partial charge is 0.370 e. The molecule has 124 valence electrons. The van der Waals surface area contributed by atoms with Gasteiger partial charge >= 0.3 is 0 Å². The molecule has 0 bridgehead atoms. The number of guanidine groups is 1. The molecule has 0 spiro atoms. The van der Waals surface area contributed by atoms with E-state index in [1.165, 1.54) is 5.56 Å². The van der Waals surface area contributed by atoms with Crippen molar-refractivity contribution in [2.45, 2.75) is 26.2 Å². The van der Waals surface area contributed by atoms with Gasteiger partial charge in [-0.1, -0.05) is 31.2 Å². The maximum atomic E-state index is 5.93. The molecule has 2 aromatic carbocycles. The number of imidazole rings is 1. The van der Waals surface area contributed by atoms with E-state index in [-0.39, 0.29) is 0 Å². The molecule has 3 aromatic rings. The minimum atomic E-state index is 0.448. The van der Waals surface area contributed by atoms with Crippen LogP contribution in [0.15, 0.2) is 53.5 Å². The molecule has 1 heterocycles. The number of nitrogens with one attached hydrogen (secondary N) is 2. The topological polar surface area (TPSA) is 79.1 Å². The number of aliphatic imine (C=N–C) groups is 1. The predicted octanol–water partition coefficient (Wildman–Crippen LogP) is 3.48. The maximum absolute atomic E-state index is 5.93. The van der Waals surface area contributed by atoms with Gasteiger partial charge in [-0.15, -0.1) is 0 Å². The normalized spacial score (nSPS) is 11.8. The van der Waals surface area contributed by atoms with Gasteiger partial charge < -0.3 is 16.0 Å². The number of nitrogens with zero attached hydrogens (tertiary/aromatic N) is 2. The highest BCUT2D eigenvalue weighted by atomic mass is 15.1. The first-order valence-electron chi connectivity index (χ1n) is 8.34. The minimum Gasteiger partial charge on any atom is -0.370 e. The SMILES string of the molecule is CCc1ccc(NC(N)=NCCCc2nc3ccccc3[nH]2)cc1. The molecule has 0 fully saturated rings. The van der Waals surface area contributed by atoms with Crippen LogP contribution < -0.4 is 11.1 Å². The summed E-state index contributed by atoms with van der Waals surface area (Å²) in [6, 6.07) is 16.3. The summed E-state index contributed by atoms with van der Waals surface area (Å²) in [6.45, 7) is 2.81. The van der Waals surface area contributed by atoms with Crippen LogP contribution in [0.1, 0.15) is 24.7 Å². The molecular weight excluding hydrogens is 298 g/mol. The van der Waals surface area contributed by atoms with Gasteiger partial charge in [-0.25, -0.2) is 4.98 Å². The molecule has 0 aliphatic heterocycles. The van der Waals surface area contributed by atoms with Crippen molar-refractivity contribution in [2.24, 2.45) is 10.7 Å². The zero-order valence-electron chi connectivity index (χ0n) is 13.9. The molecule has 0 radical (unpaired) electrons. The number of para-hydroxylation sites is 2. The van der Waals surface area contributed by atoms with E-state index in [1.54, 1.807) is 0 Å². The number of H-pyrrole nitrogens is 1. The highest BCUT2D eigenvalue weighted by Crippen LogP contribution is 2.11. The molecule has 5 nitrogen and oxygen atoms in total. The molecule has 5 heteroatoms. The van der Waals surface area contributed by atoms with Gasteiger partial charge in [0.2, 0.25) is 0 Å². The zero-order chi connectivity index (χ0) is 16.8. The van der Waals surface area contributed by atoms with E-state index in [4.69, 9.17) is 5.73 Å². The first-order chi connectivity index (χ1) is 11.7. The standard InChI is InChI=1S/C19H23N5/c1-2-14-9-11-15(12-10-14)22-19(20)21-13-5-8-18-23-16-6-3-4-7-17(16)24-18/h3-4,6-7,9-12H,2,5,8,13H2,1H3,(H,23,24)(H3,20,21,22). The first kappa shape index (κ1) is 16.1. The van der Waals surface area contributed by atoms with Crippen molar-refractivity contribution < 1.29 is 0 Å². The van der Waals surface area contributed by atoms with Crippen LogP contribution in [-0.4, -0.2) is 22.5 Å². The molecule has 0 aliphatic carbocycles. The summed E-state index contributed by atoms with van der Waals surface area (Å²) < 4.78 is 0. The van der Waals surface area contributed by atoms with E-state index in [1.807, 2.05) is 36.4 Å². The van der Waals surface area contributed by atoms with E-state index in [9.17, 15) is 0 Å². The Hall–Kier alpha value is -2.82. The van der Waals surface area contributed by atoms with Crippen LogP contribution in [-0.2, 0) is 12.8 Å². The van der Waals surface area contributed by atoms with Crippen molar-refractivity contribution in [3.8, 4) is 0 Å². The second kappa shape index (κ2) is 7.64. The molecule has 0 saturated heterocycles. The van der Waals surface area contributed by atoms with Crippen LogP contribution in [0, 0.1) is 0 Å². The quantitative estimate of drug-likeness (QED) is 0.369. The van der Waals surface area contributed by atoms with Gasteiger partial charge in [0.1, 0.15) is 5.82 Å². The van der Waals surface area contributed by atoms with E-state index in [0.717, 1.165) is 41.8 Å². The van der Waals surface area contributed by atoms with Crippen molar-refractivity contribution in [1.29, 1.82) is 0 Å².